The minimum atomic E-state index is 0. The van der Waals surface area contributed by atoms with Crippen LogP contribution >= 0.6 is 0 Å². The van der Waals surface area contributed by atoms with Crippen LogP contribution in [0, 0.1) is 55.6 Å². The summed E-state index contributed by atoms with van der Waals surface area (Å²) in [5, 5.41) is 0. The van der Waals surface area contributed by atoms with Crippen molar-refractivity contribution in [2.75, 3.05) is 0 Å². The molecule has 6 heavy (non-hydrogen) atoms. The Hall–Kier alpha value is 2.30. The van der Waals surface area contributed by atoms with E-state index in [1.54, 1.807) is 0 Å². The van der Waals surface area contributed by atoms with Gasteiger partial charge in [-0.3, -0.25) is 0 Å². The van der Waals surface area contributed by atoms with Crippen molar-refractivity contribution in [2.24, 2.45) is 0 Å². The molecule has 0 saturated carbocycles. The van der Waals surface area contributed by atoms with Gasteiger partial charge in [0.1, 0.15) is 0 Å². The van der Waals surface area contributed by atoms with Gasteiger partial charge in [-0.25, -0.2) is 0 Å². The van der Waals surface area contributed by atoms with Crippen molar-refractivity contribution < 1.29 is 69.0 Å². The average molecular weight is 311 g/mol. The van der Waals surface area contributed by atoms with E-state index >= 15 is 0 Å². The van der Waals surface area contributed by atoms with E-state index in [0.29, 0.717) is 0 Å². The second-order valence-electron chi connectivity index (χ2n) is 0.577. The largest absolute Gasteiger partial charge is 0.358 e. The molecule has 0 aromatic carbocycles. The van der Waals surface area contributed by atoms with Crippen LogP contribution in [0.4, 0.5) is 0 Å². The molecule has 0 aromatic rings. The molecule has 2 heteroatoms. The molecule has 0 fully saturated rings. The van der Waals surface area contributed by atoms with Crippen molar-refractivity contribution in [3.05, 3.63) is 13.8 Å². The van der Waals surface area contributed by atoms with Crippen molar-refractivity contribution in [1.82, 2.24) is 0 Å². The smallest absolute Gasteiger partial charge is 0 e. The number of rotatable bonds is 0. The van der Waals surface area contributed by atoms with E-state index in [0.717, 1.165) is 0 Å². The van der Waals surface area contributed by atoms with Crippen molar-refractivity contribution >= 4 is 0 Å². The molecule has 0 aliphatic carbocycles. The van der Waals surface area contributed by atoms with Crippen LogP contribution in [0.5, 0.6) is 0 Å². The molecule has 0 spiro atoms. The minimum Gasteiger partial charge on any atom is -0.358 e. The Bertz CT molecular complexity index is 7.51. The van der Waals surface area contributed by atoms with Crippen molar-refractivity contribution in [1.29, 1.82) is 0 Å². The first-order valence-corrected chi connectivity index (χ1v) is 1.15. The normalized spacial score (nSPS) is 3.00. The average Bonchev–Trinajstić information content (AvgIpc) is 0.918. The fourth-order valence-corrected chi connectivity index (χ4v) is 0. The zero-order valence-corrected chi connectivity index (χ0v) is 12.0. The zero-order valence-electron chi connectivity index (χ0n) is 4.78. The molecular weight excluding hydrogens is 301 g/mol. The predicted octanol–water partition coefficient (Wildman–Crippen LogP) is 1.68. The van der Waals surface area contributed by atoms with E-state index in [1.165, 1.54) is 0 Å². The first kappa shape index (κ1) is 23.9. The molecule has 0 aromatic heterocycles. The Kier molecular flexibility index (Phi) is 106. The van der Waals surface area contributed by atoms with E-state index in [4.69, 9.17) is 0 Å². The van der Waals surface area contributed by atoms with E-state index < -0.39 is 0 Å². The van der Waals surface area contributed by atoms with Crippen LogP contribution in [0.25, 0.3) is 0 Å². The summed E-state index contributed by atoms with van der Waals surface area (Å²) in [6.07, 6.45) is 2.00. The van der Waals surface area contributed by atoms with Gasteiger partial charge in [0.05, 0.1) is 0 Å². The van der Waals surface area contributed by atoms with Gasteiger partial charge >= 0.3 is 0 Å². The SMILES string of the molecule is C[CH-]C.[CH3-].[Cd].[Ce]. The van der Waals surface area contributed by atoms with E-state index in [2.05, 4.69) is 0 Å². The molecule has 0 bridgehead atoms. The molecule has 0 unspecified atom stereocenters. The van der Waals surface area contributed by atoms with Crippen LogP contribution < -0.4 is 0 Å². The summed E-state index contributed by atoms with van der Waals surface area (Å²) in [6, 6.07) is 0. The molecule has 0 heterocycles. The molecule has 0 atom stereocenters. The molecular formula is C4H10CdCe-2. The summed E-state index contributed by atoms with van der Waals surface area (Å²) in [7, 11) is 0. The third kappa shape index (κ3) is 33.5. The Labute approximate surface area is 95.0 Å². The number of hydrogen-bond acceptors (Lipinski definition) is 0. The van der Waals surface area contributed by atoms with Crippen molar-refractivity contribution in [2.45, 2.75) is 13.8 Å². The number of hydrogen-bond donors (Lipinski definition) is 0. The molecule has 0 aliphatic rings. The van der Waals surface area contributed by atoms with Crippen LogP contribution in [0.2, 0.25) is 0 Å². The van der Waals surface area contributed by atoms with Crippen LogP contribution in [0.1, 0.15) is 13.8 Å². The topological polar surface area (TPSA) is 0 Å². The molecule has 0 radical (unpaired) electrons. The third-order valence-corrected chi connectivity index (χ3v) is 0. The summed E-state index contributed by atoms with van der Waals surface area (Å²) in [4.78, 5) is 0. The quantitative estimate of drug-likeness (QED) is 0.472. The molecule has 34 valence electrons. The second kappa shape index (κ2) is 26.6. The Balaban J connectivity index is -0.00000000667. The molecule has 0 saturated heterocycles. The molecule has 0 amide bonds. The Morgan fingerprint density at radius 3 is 1.17 bits per heavy atom. The molecule has 0 aliphatic heterocycles. The van der Waals surface area contributed by atoms with Crippen LogP contribution in [0.15, 0.2) is 0 Å². The van der Waals surface area contributed by atoms with Crippen LogP contribution in [-0.2, 0) is 27.3 Å². The summed E-state index contributed by atoms with van der Waals surface area (Å²) < 4.78 is 0. The van der Waals surface area contributed by atoms with Gasteiger partial charge in [-0.15, -0.1) is 0 Å². The van der Waals surface area contributed by atoms with E-state index in [1.807, 2.05) is 20.3 Å². The van der Waals surface area contributed by atoms with Crippen LogP contribution in [0.3, 0.4) is 0 Å². The van der Waals surface area contributed by atoms with E-state index in [9.17, 15) is 0 Å². The maximum Gasteiger partial charge on any atom is 0 e. The summed E-state index contributed by atoms with van der Waals surface area (Å²) in [5.74, 6) is 0. The third-order valence-electron chi connectivity index (χ3n) is 0. The Morgan fingerprint density at radius 2 is 1.17 bits per heavy atom. The monoisotopic (exact) mass is 312 g/mol. The van der Waals surface area contributed by atoms with Crippen molar-refractivity contribution in [3.63, 3.8) is 0 Å². The van der Waals surface area contributed by atoms with Gasteiger partial charge in [0, 0.05) is 69.0 Å². The summed E-state index contributed by atoms with van der Waals surface area (Å²) in [6.45, 7) is 4.00. The first-order chi connectivity index (χ1) is 1.41. The van der Waals surface area contributed by atoms with E-state index in [-0.39, 0.29) is 76.5 Å². The van der Waals surface area contributed by atoms with Gasteiger partial charge in [-0.05, 0) is 0 Å². The predicted molar refractivity (Wildman–Crippen MR) is 22.1 cm³/mol. The van der Waals surface area contributed by atoms with Crippen molar-refractivity contribution in [3.8, 4) is 0 Å². The molecule has 0 N–H and O–H groups in total. The second-order valence-corrected chi connectivity index (χ2v) is 0.577. The van der Waals surface area contributed by atoms with Gasteiger partial charge < -0.3 is 13.8 Å². The van der Waals surface area contributed by atoms with Gasteiger partial charge in [0.25, 0.3) is 0 Å². The van der Waals surface area contributed by atoms with Gasteiger partial charge in [-0.1, -0.05) is 0 Å². The fraction of sp³-hybridized carbons (Fsp3) is 0.500. The first-order valence-electron chi connectivity index (χ1n) is 1.15. The Morgan fingerprint density at radius 1 is 1.17 bits per heavy atom. The molecule has 0 rings (SSSR count). The zero-order chi connectivity index (χ0) is 2.71. The maximum atomic E-state index is 2.00. The fourth-order valence-electron chi connectivity index (χ4n) is 0. The minimum absolute atomic E-state index is 0. The van der Waals surface area contributed by atoms with Gasteiger partial charge in [0.15, 0.2) is 0 Å². The van der Waals surface area contributed by atoms with Gasteiger partial charge in [0.2, 0.25) is 0 Å². The maximum absolute atomic E-state index is 2.00. The van der Waals surface area contributed by atoms with Crippen LogP contribution in [-0.4, -0.2) is 0 Å². The standard InChI is InChI=1S/C3H7.CH3.Cd.Ce/c1-3-2;;;/h3H,1-2H3;1H3;;/q2*-1;;. The summed E-state index contributed by atoms with van der Waals surface area (Å²) >= 11 is 0. The summed E-state index contributed by atoms with van der Waals surface area (Å²) in [5.41, 5.74) is 0. The van der Waals surface area contributed by atoms with Gasteiger partial charge in [-0.2, -0.15) is 13.8 Å². The molecule has 0 nitrogen and oxygen atoms in total.